The first-order chi connectivity index (χ1) is 9.95. The topological polar surface area (TPSA) is 67.5 Å². The monoisotopic (exact) mass is 306 g/mol. The number of nitrogens with zero attached hydrogens (tertiary/aromatic N) is 2. The summed E-state index contributed by atoms with van der Waals surface area (Å²) in [6.45, 7) is -0.623. The van der Waals surface area contributed by atoms with Gasteiger partial charge in [-0.1, -0.05) is 0 Å². The van der Waals surface area contributed by atoms with Gasteiger partial charge in [0.2, 0.25) is 0 Å². The normalized spacial score (nSPS) is 29.4. The van der Waals surface area contributed by atoms with Crippen LogP contribution in [0.3, 0.4) is 0 Å². The number of fused-ring (bicyclic) bond motifs is 1. The van der Waals surface area contributed by atoms with Gasteiger partial charge in [0, 0.05) is 6.07 Å². The Morgan fingerprint density at radius 1 is 1.29 bits per heavy atom. The standard InChI is InChI=1S/C12H10F4N2O3/c13-4-1-5-10(8(15)7(4)14)17-3-18(5)12-9(16)11(20)6(2-19)21-12/h1,3,6,9,11-12,19-20H,2H2/t6-,9+,11-,12-/m1/s1. The molecule has 0 aliphatic carbocycles. The van der Waals surface area contributed by atoms with Gasteiger partial charge in [0.25, 0.3) is 0 Å². The molecule has 3 rings (SSSR count). The van der Waals surface area contributed by atoms with Crippen molar-refractivity contribution < 1.29 is 32.5 Å². The summed E-state index contributed by atoms with van der Waals surface area (Å²) < 4.78 is 60.0. The molecule has 0 saturated carbocycles. The van der Waals surface area contributed by atoms with E-state index < -0.39 is 54.2 Å². The quantitative estimate of drug-likeness (QED) is 0.643. The average Bonchev–Trinajstić information content (AvgIpc) is 2.99. The van der Waals surface area contributed by atoms with Crippen molar-refractivity contribution in [3.05, 3.63) is 29.8 Å². The number of halogens is 4. The lowest BCUT2D eigenvalue weighted by Crippen LogP contribution is -2.30. The second-order valence-corrected chi connectivity index (χ2v) is 4.69. The van der Waals surface area contributed by atoms with Crippen LogP contribution in [0.1, 0.15) is 6.23 Å². The number of aliphatic hydroxyl groups excluding tert-OH is 2. The Morgan fingerprint density at radius 3 is 2.62 bits per heavy atom. The Balaban J connectivity index is 2.10. The van der Waals surface area contributed by atoms with Crippen LogP contribution in [0.25, 0.3) is 11.0 Å². The molecule has 2 N–H and O–H groups in total. The SMILES string of the molecule is OC[C@H]1O[C@@H](n2cnc3c(F)c(F)c(F)cc32)[C@@H](F)[C@@H]1O. The molecule has 1 aliphatic heterocycles. The molecular formula is C12H10F4N2O3. The fourth-order valence-corrected chi connectivity index (χ4v) is 2.36. The third-order valence-corrected chi connectivity index (χ3v) is 3.45. The molecular weight excluding hydrogens is 296 g/mol. The number of imidazole rings is 1. The second-order valence-electron chi connectivity index (χ2n) is 4.69. The van der Waals surface area contributed by atoms with Crippen LogP contribution in [0.2, 0.25) is 0 Å². The van der Waals surface area contributed by atoms with E-state index in [1.165, 1.54) is 0 Å². The summed E-state index contributed by atoms with van der Waals surface area (Å²) in [5, 5.41) is 18.5. The van der Waals surface area contributed by atoms with Crippen LogP contribution in [0.15, 0.2) is 12.4 Å². The van der Waals surface area contributed by atoms with Crippen molar-refractivity contribution in [1.29, 1.82) is 0 Å². The van der Waals surface area contributed by atoms with Gasteiger partial charge in [-0.2, -0.15) is 0 Å². The van der Waals surface area contributed by atoms with Crippen molar-refractivity contribution in [2.75, 3.05) is 6.61 Å². The van der Waals surface area contributed by atoms with Crippen molar-refractivity contribution in [3.63, 3.8) is 0 Å². The van der Waals surface area contributed by atoms with Gasteiger partial charge in [0.15, 0.2) is 29.9 Å². The minimum atomic E-state index is -1.93. The van der Waals surface area contributed by atoms with Crippen LogP contribution in [0.4, 0.5) is 17.6 Å². The van der Waals surface area contributed by atoms with Crippen LogP contribution < -0.4 is 0 Å². The summed E-state index contributed by atoms with van der Waals surface area (Å²) in [4.78, 5) is 3.57. The van der Waals surface area contributed by atoms with Crippen LogP contribution in [0, 0.1) is 17.5 Å². The van der Waals surface area contributed by atoms with E-state index in [0.717, 1.165) is 10.9 Å². The number of ether oxygens (including phenoxy) is 1. The van der Waals surface area contributed by atoms with Crippen molar-refractivity contribution in [3.8, 4) is 0 Å². The molecule has 0 amide bonds. The molecule has 1 aromatic carbocycles. The highest BCUT2D eigenvalue weighted by Crippen LogP contribution is 2.34. The summed E-state index contributed by atoms with van der Waals surface area (Å²) in [5.41, 5.74) is -0.698. The molecule has 1 aromatic heterocycles. The molecule has 1 fully saturated rings. The molecule has 0 spiro atoms. The van der Waals surface area contributed by atoms with Gasteiger partial charge < -0.3 is 19.5 Å². The van der Waals surface area contributed by atoms with E-state index in [-0.39, 0.29) is 5.52 Å². The van der Waals surface area contributed by atoms with Crippen molar-refractivity contribution >= 4 is 11.0 Å². The third kappa shape index (κ3) is 2.00. The molecule has 1 aliphatic rings. The van der Waals surface area contributed by atoms with E-state index in [1.807, 2.05) is 0 Å². The predicted molar refractivity (Wildman–Crippen MR) is 61.5 cm³/mol. The molecule has 0 bridgehead atoms. The third-order valence-electron chi connectivity index (χ3n) is 3.45. The number of rotatable bonds is 2. The zero-order valence-electron chi connectivity index (χ0n) is 10.4. The predicted octanol–water partition coefficient (Wildman–Crippen LogP) is 1.04. The number of aromatic nitrogens is 2. The maximum Gasteiger partial charge on any atom is 0.196 e. The molecule has 114 valence electrons. The molecule has 9 heteroatoms. The summed E-state index contributed by atoms with van der Waals surface area (Å²) >= 11 is 0. The van der Waals surface area contributed by atoms with Gasteiger partial charge >= 0.3 is 0 Å². The van der Waals surface area contributed by atoms with E-state index >= 15 is 0 Å². The average molecular weight is 306 g/mol. The number of aliphatic hydroxyl groups is 2. The Morgan fingerprint density at radius 2 is 2.00 bits per heavy atom. The minimum Gasteiger partial charge on any atom is -0.394 e. The van der Waals surface area contributed by atoms with Gasteiger partial charge in [0.05, 0.1) is 18.5 Å². The van der Waals surface area contributed by atoms with Crippen LogP contribution in [-0.2, 0) is 4.74 Å². The van der Waals surface area contributed by atoms with Crippen molar-refractivity contribution in [2.24, 2.45) is 0 Å². The Hall–Kier alpha value is -1.71. The first kappa shape index (κ1) is 14.2. The first-order valence-electron chi connectivity index (χ1n) is 6.04. The van der Waals surface area contributed by atoms with Crippen molar-refractivity contribution in [1.82, 2.24) is 9.55 Å². The van der Waals surface area contributed by atoms with Crippen LogP contribution >= 0.6 is 0 Å². The molecule has 4 atom stereocenters. The number of hydrogen-bond donors (Lipinski definition) is 2. The molecule has 0 radical (unpaired) electrons. The van der Waals surface area contributed by atoms with Gasteiger partial charge in [-0.25, -0.2) is 22.5 Å². The van der Waals surface area contributed by atoms with E-state index in [2.05, 4.69) is 4.98 Å². The smallest absolute Gasteiger partial charge is 0.196 e. The van der Waals surface area contributed by atoms with Gasteiger partial charge in [0.1, 0.15) is 17.7 Å². The highest BCUT2D eigenvalue weighted by atomic mass is 19.2. The minimum absolute atomic E-state index is 0.218. The molecule has 21 heavy (non-hydrogen) atoms. The highest BCUT2D eigenvalue weighted by Gasteiger charge is 2.45. The first-order valence-corrected chi connectivity index (χ1v) is 6.04. The zero-order chi connectivity index (χ0) is 15.3. The molecule has 2 aromatic rings. The summed E-state index contributed by atoms with van der Waals surface area (Å²) in [6, 6.07) is 0.662. The lowest BCUT2D eigenvalue weighted by atomic mass is 10.1. The Labute approximate surface area is 115 Å². The highest BCUT2D eigenvalue weighted by molar-refractivity contribution is 5.76. The van der Waals surface area contributed by atoms with Crippen molar-refractivity contribution in [2.45, 2.75) is 24.6 Å². The molecule has 0 unspecified atom stereocenters. The van der Waals surface area contributed by atoms with E-state index in [0.29, 0.717) is 6.07 Å². The molecule has 1 saturated heterocycles. The Bertz CT molecular complexity index is 693. The van der Waals surface area contributed by atoms with Crippen LogP contribution in [0.5, 0.6) is 0 Å². The lowest BCUT2D eigenvalue weighted by Gasteiger charge is -2.15. The number of alkyl halides is 1. The van der Waals surface area contributed by atoms with Gasteiger partial charge in [-0.3, -0.25) is 0 Å². The second kappa shape index (κ2) is 4.93. The van der Waals surface area contributed by atoms with Gasteiger partial charge in [-0.15, -0.1) is 0 Å². The summed E-state index contributed by atoms with van der Waals surface area (Å²) in [5.74, 6) is -4.61. The van der Waals surface area contributed by atoms with Gasteiger partial charge in [-0.05, 0) is 0 Å². The Kier molecular flexibility index (Phi) is 3.34. The maximum atomic E-state index is 14.0. The fraction of sp³-hybridized carbons (Fsp3) is 0.417. The number of hydrogen-bond acceptors (Lipinski definition) is 4. The molecule has 5 nitrogen and oxygen atoms in total. The van der Waals surface area contributed by atoms with E-state index in [4.69, 9.17) is 9.84 Å². The van der Waals surface area contributed by atoms with E-state index in [1.54, 1.807) is 0 Å². The summed E-state index contributed by atoms with van der Waals surface area (Å²) in [7, 11) is 0. The fourth-order valence-electron chi connectivity index (χ4n) is 2.36. The van der Waals surface area contributed by atoms with E-state index in [9.17, 15) is 22.7 Å². The van der Waals surface area contributed by atoms with Crippen LogP contribution in [-0.4, -0.2) is 44.8 Å². The zero-order valence-corrected chi connectivity index (χ0v) is 10.4. The maximum absolute atomic E-state index is 14.0. The largest absolute Gasteiger partial charge is 0.394 e. The lowest BCUT2D eigenvalue weighted by molar-refractivity contribution is -0.0457. The number of benzene rings is 1. The summed E-state index contributed by atoms with van der Waals surface area (Å²) in [6.07, 6.45) is -5.16. The molecule has 2 heterocycles.